The molecule has 27 heavy (non-hydrogen) atoms. The van der Waals surface area contributed by atoms with E-state index in [0.29, 0.717) is 6.42 Å². The second-order valence-corrected chi connectivity index (χ2v) is 9.43. The number of benzene rings is 2. The van der Waals surface area contributed by atoms with Gasteiger partial charge in [-0.05, 0) is 42.0 Å². The van der Waals surface area contributed by atoms with Crippen molar-refractivity contribution in [2.75, 3.05) is 11.1 Å². The quantitative estimate of drug-likeness (QED) is 0.579. The predicted octanol–water partition coefficient (Wildman–Crippen LogP) is 3.28. The molecule has 0 radical (unpaired) electrons. The van der Waals surface area contributed by atoms with Crippen LogP contribution < -0.4 is 5.32 Å². The fourth-order valence-electron chi connectivity index (χ4n) is 4.05. The molecule has 3 heterocycles. The molecular formula is C20H20N4O2S. The van der Waals surface area contributed by atoms with Crippen LogP contribution in [0, 0.1) is 0 Å². The first-order valence-electron chi connectivity index (χ1n) is 8.90. The van der Waals surface area contributed by atoms with E-state index in [4.69, 9.17) is 0 Å². The molecule has 0 bridgehead atoms. The lowest BCUT2D eigenvalue weighted by Crippen LogP contribution is -2.19. The minimum absolute atomic E-state index is 0.129. The third-order valence-corrected chi connectivity index (χ3v) is 7.02. The highest BCUT2D eigenvalue weighted by Gasteiger charge is 2.26. The highest BCUT2D eigenvalue weighted by Crippen LogP contribution is 2.33. The summed E-state index contributed by atoms with van der Waals surface area (Å²) in [5.74, 6) is 0.365. The number of anilines is 2. The number of imidazole rings is 1. The molecule has 0 fully saturated rings. The van der Waals surface area contributed by atoms with Gasteiger partial charge < -0.3 is 14.5 Å². The number of aryl methyl sites for hydroxylation is 2. The van der Waals surface area contributed by atoms with Gasteiger partial charge in [0.25, 0.3) is 0 Å². The number of hydrogen-bond acceptors (Lipinski definition) is 4. The average Bonchev–Trinajstić information content (AvgIpc) is 3.13. The van der Waals surface area contributed by atoms with Crippen LogP contribution in [0.5, 0.6) is 0 Å². The first kappa shape index (κ1) is 16.4. The van der Waals surface area contributed by atoms with Gasteiger partial charge in [-0.2, -0.15) is 0 Å². The third-order valence-electron chi connectivity index (χ3n) is 5.46. The number of rotatable bonds is 2. The Morgan fingerprint density at radius 3 is 2.67 bits per heavy atom. The SMILES string of the molecule is Cn1cnc2ccc(Nc3ccc4c(c3)c3c(n4C)CCS(=O)(=O)C3)cc21. The molecule has 4 aromatic rings. The van der Waals surface area contributed by atoms with E-state index in [1.54, 1.807) is 6.33 Å². The molecule has 0 spiro atoms. The Morgan fingerprint density at radius 2 is 1.81 bits per heavy atom. The molecule has 138 valence electrons. The average molecular weight is 380 g/mol. The summed E-state index contributed by atoms with van der Waals surface area (Å²) in [5.41, 5.74) is 7.09. The molecule has 1 N–H and O–H groups in total. The smallest absolute Gasteiger partial charge is 0.154 e. The van der Waals surface area contributed by atoms with Gasteiger partial charge in [-0.3, -0.25) is 0 Å². The zero-order chi connectivity index (χ0) is 18.8. The zero-order valence-corrected chi connectivity index (χ0v) is 16.0. The summed E-state index contributed by atoms with van der Waals surface area (Å²) in [6, 6.07) is 12.2. The maximum Gasteiger partial charge on any atom is 0.154 e. The summed E-state index contributed by atoms with van der Waals surface area (Å²) in [6.07, 6.45) is 2.39. The molecule has 0 atom stereocenters. The number of aromatic nitrogens is 3. The van der Waals surface area contributed by atoms with Crippen molar-refractivity contribution in [1.29, 1.82) is 0 Å². The largest absolute Gasteiger partial charge is 0.355 e. The van der Waals surface area contributed by atoms with Crippen molar-refractivity contribution in [3.05, 3.63) is 54.0 Å². The van der Waals surface area contributed by atoms with E-state index in [-0.39, 0.29) is 11.5 Å². The first-order chi connectivity index (χ1) is 12.9. The van der Waals surface area contributed by atoms with Crippen LogP contribution in [-0.2, 0) is 36.1 Å². The molecule has 6 nitrogen and oxygen atoms in total. The van der Waals surface area contributed by atoms with Gasteiger partial charge in [0, 0.05) is 48.5 Å². The van der Waals surface area contributed by atoms with Crippen LogP contribution in [-0.4, -0.2) is 28.3 Å². The lowest BCUT2D eigenvalue weighted by atomic mass is 10.1. The maximum absolute atomic E-state index is 12.1. The minimum Gasteiger partial charge on any atom is -0.355 e. The summed E-state index contributed by atoms with van der Waals surface area (Å²) >= 11 is 0. The highest BCUT2D eigenvalue weighted by molar-refractivity contribution is 7.90. The van der Waals surface area contributed by atoms with Crippen molar-refractivity contribution in [2.45, 2.75) is 12.2 Å². The van der Waals surface area contributed by atoms with Crippen molar-refractivity contribution in [2.24, 2.45) is 14.1 Å². The van der Waals surface area contributed by atoms with Gasteiger partial charge in [0.05, 0.1) is 28.9 Å². The van der Waals surface area contributed by atoms with E-state index in [1.165, 1.54) is 0 Å². The van der Waals surface area contributed by atoms with Gasteiger partial charge in [0.15, 0.2) is 9.84 Å². The van der Waals surface area contributed by atoms with E-state index < -0.39 is 9.84 Å². The molecule has 0 aliphatic carbocycles. The maximum atomic E-state index is 12.1. The van der Waals surface area contributed by atoms with E-state index >= 15 is 0 Å². The van der Waals surface area contributed by atoms with E-state index in [1.807, 2.05) is 36.9 Å². The van der Waals surface area contributed by atoms with Crippen molar-refractivity contribution in [3.8, 4) is 0 Å². The Morgan fingerprint density at radius 1 is 1.04 bits per heavy atom. The molecule has 1 aliphatic rings. The molecule has 0 unspecified atom stereocenters. The van der Waals surface area contributed by atoms with Crippen LogP contribution in [0.25, 0.3) is 21.9 Å². The van der Waals surface area contributed by atoms with Crippen LogP contribution in [0.15, 0.2) is 42.7 Å². The summed E-state index contributed by atoms with van der Waals surface area (Å²) < 4.78 is 28.4. The second kappa shape index (κ2) is 5.60. The van der Waals surface area contributed by atoms with Crippen LogP contribution in [0.4, 0.5) is 11.4 Å². The van der Waals surface area contributed by atoms with Gasteiger partial charge in [-0.1, -0.05) is 0 Å². The second-order valence-electron chi connectivity index (χ2n) is 7.24. The van der Waals surface area contributed by atoms with Gasteiger partial charge in [0.2, 0.25) is 0 Å². The van der Waals surface area contributed by atoms with E-state index in [0.717, 1.165) is 44.6 Å². The molecule has 1 aliphatic heterocycles. The number of hydrogen-bond donors (Lipinski definition) is 1. The Kier molecular flexibility index (Phi) is 3.40. The first-order valence-corrected chi connectivity index (χ1v) is 10.7. The van der Waals surface area contributed by atoms with E-state index in [2.05, 4.69) is 33.1 Å². The molecule has 0 saturated carbocycles. The Bertz CT molecular complexity index is 1320. The highest BCUT2D eigenvalue weighted by atomic mass is 32.2. The van der Waals surface area contributed by atoms with Crippen molar-refractivity contribution >= 4 is 43.1 Å². The topological polar surface area (TPSA) is 68.9 Å². The molecular weight excluding hydrogens is 360 g/mol. The number of nitrogens with one attached hydrogen (secondary N) is 1. The normalized spacial score (nSPS) is 15.9. The van der Waals surface area contributed by atoms with Gasteiger partial charge in [-0.15, -0.1) is 0 Å². The fourth-order valence-corrected chi connectivity index (χ4v) is 5.46. The fraction of sp³-hybridized carbons (Fsp3) is 0.250. The van der Waals surface area contributed by atoms with Gasteiger partial charge >= 0.3 is 0 Å². The molecule has 5 rings (SSSR count). The minimum atomic E-state index is -3.01. The van der Waals surface area contributed by atoms with Gasteiger partial charge in [0.1, 0.15) is 0 Å². The molecule has 2 aromatic heterocycles. The summed E-state index contributed by atoms with van der Waals surface area (Å²) in [5, 5.41) is 4.46. The zero-order valence-electron chi connectivity index (χ0n) is 15.2. The monoisotopic (exact) mass is 380 g/mol. The number of nitrogens with zero attached hydrogens (tertiary/aromatic N) is 3. The number of fused-ring (bicyclic) bond motifs is 4. The Balaban J connectivity index is 1.58. The Labute approximate surface area is 157 Å². The summed E-state index contributed by atoms with van der Waals surface area (Å²) in [4.78, 5) is 4.35. The van der Waals surface area contributed by atoms with Crippen LogP contribution in [0.2, 0.25) is 0 Å². The molecule has 7 heteroatoms. The lowest BCUT2D eigenvalue weighted by molar-refractivity contribution is 0.590. The van der Waals surface area contributed by atoms with Crippen molar-refractivity contribution < 1.29 is 8.42 Å². The summed E-state index contributed by atoms with van der Waals surface area (Å²) in [7, 11) is 0.978. The van der Waals surface area contributed by atoms with Crippen LogP contribution >= 0.6 is 0 Å². The number of sulfone groups is 1. The standard InChI is InChI=1S/C20H20N4O2S/c1-23-12-21-17-5-3-14(10-20(17)23)22-13-4-6-18-15(9-13)16-11-27(25,26)8-7-19(16)24(18)2/h3-6,9-10,12,22H,7-8,11H2,1-2H3. The molecule has 2 aromatic carbocycles. The predicted molar refractivity (Wildman–Crippen MR) is 108 cm³/mol. The Hall–Kier alpha value is -2.80. The van der Waals surface area contributed by atoms with Crippen LogP contribution in [0.1, 0.15) is 11.3 Å². The van der Waals surface area contributed by atoms with Crippen molar-refractivity contribution in [1.82, 2.24) is 14.1 Å². The van der Waals surface area contributed by atoms with Gasteiger partial charge in [-0.25, -0.2) is 13.4 Å². The van der Waals surface area contributed by atoms with E-state index in [9.17, 15) is 8.42 Å². The van der Waals surface area contributed by atoms with Crippen LogP contribution in [0.3, 0.4) is 0 Å². The molecule has 0 saturated heterocycles. The molecule has 0 amide bonds. The summed E-state index contributed by atoms with van der Waals surface area (Å²) in [6.45, 7) is 0. The third kappa shape index (κ3) is 2.61. The van der Waals surface area contributed by atoms with Crippen molar-refractivity contribution in [3.63, 3.8) is 0 Å². The lowest BCUT2D eigenvalue weighted by Gasteiger charge is -2.14.